The van der Waals surface area contributed by atoms with Crippen molar-refractivity contribution in [2.24, 2.45) is 0 Å². The number of halogens is 1. The van der Waals surface area contributed by atoms with Gasteiger partial charge in [-0.3, -0.25) is 4.79 Å². The van der Waals surface area contributed by atoms with Crippen LogP contribution in [0.5, 0.6) is 0 Å². The lowest BCUT2D eigenvalue weighted by molar-refractivity contribution is -0.163. The van der Waals surface area contributed by atoms with Gasteiger partial charge in [0, 0.05) is 5.69 Å². The van der Waals surface area contributed by atoms with Crippen LogP contribution < -0.4 is 5.32 Å². The first kappa shape index (κ1) is 17.8. The van der Waals surface area contributed by atoms with E-state index in [1.165, 1.54) is 36.4 Å². The van der Waals surface area contributed by atoms with Crippen molar-refractivity contribution in [3.05, 3.63) is 71.6 Å². The second-order valence-corrected chi connectivity index (χ2v) is 5.94. The molecule has 5 nitrogen and oxygen atoms in total. The zero-order valence-electron chi connectivity index (χ0n) is 14.1. The van der Waals surface area contributed by atoms with Gasteiger partial charge in [0.15, 0.2) is 5.60 Å². The van der Waals surface area contributed by atoms with Gasteiger partial charge in [-0.1, -0.05) is 36.4 Å². The molecule has 0 saturated carbocycles. The van der Waals surface area contributed by atoms with Gasteiger partial charge >= 0.3 is 5.97 Å². The number of aliphatic hydroxyl groups is 1. The highest BCUT2D eigenvalue weighted by molar-refractivity contribution is 6.07. The molecule has 1 aliphatic heterocycles. The minimum Gasteiger partial charge on any atom is -0.464 e. The van der Waals surface area contributed by atoms with Crippen LogP contribution in [0.15, 0.2) is 54.6 Å². The summed E-state index contributed by atoms with van der Waals surface area (Å²) in [6.07, 6.45) is 2.69. The van der Waals surface area contributed by atoms with Crippen LogP contribution in [0.4, 0.5) is 10.1 Å². The van der Waals surface area contributed by atoms with E-state index in [4.69, 9.17) is 4.74 Å². The van der Waals surface area contributed by atoms with Crippen molar-refractivity contribution in [1.29, 1.82) is 0 Å². The van der Waals surface area contributed by atoms with E-state index in [9.17, 15) is 19.1 Å². The monoisotopic (exact) mass is 355 g/mol. The quantitative estimate of drug-likeness (QED) is 0.809. The summed E-state index contributed by atoms with van der Waals surface area (Å²) in [7, 11) is 0. The Morgan fingerprint density at radius 3 is 2.65 bits per heavy atom. The van der Waals surface area contributed by atoms with E-state index in [1.807, 2.05) is 0 Å². The summed E-state index contributed by atoms with van der Waals surface area (Å²) < 4.78 is 18.1. The van der Waals surface area contributed by atoms with Crippen molar-refractivity contribution in [2.45, 2.75) is 18.4 Å². The van der Waals surface area contributed by atoms with Gasteiger partial charge in [-0.2, -0.15) is 0 Å². The molecule has 1 heterocycles. The average molecular weight is 355 g/mol. The smallest absolute Gasteiger partial charge is 0.343 e. The molecular weight excluding hydrogens is 337 g/mol. The van der Waals surface area contributed by atoms with Crippen LogP contribution in [0.1, 0.15) is 24.0 Å². The van der Waals surface area contributed by atoms with E-state index in [0.29, 0.717) is 16.8 Å². The van der Waals surface area contributed by atoms with Gasteiger partial charge in [0.1, 0.15) is 11.7 Å². The van der Waals surface area contributed by atoms with E-state index >= 15 is 0 Å². The summed E-state index contributed by atoms with van der Waals surface area (Å²) in [5.41, 5.74) is -0.570. The molecule has 2 N–H and O–H groups in total. The molecular formula is C20H18FNO4. The highest BCUT2D eigenvalue weighted by Gasteiger charge is 2.51. The number of esters is 1. The minimum atomic E-state index is -2.19. The molecule has 0 bridgehead atoms. The van der Waals surface area contributed by atoms with Crippen LogP contribution in [-0.4, -0.2) is 29.2 Å². The lowest BCUT2D eigenvalue weighted by Crippen LogP contribution is -2.46. The molecule has 2 unspecified atom stereocenters. The number of carbonyl (C=O) groups is 2. The molecule has 26 heavy (non-hydrogen) atoms. The third-order valence-corrected chi connectivity index (χ3v) is 4.23. The average Bonchev–Trinajstić information content (AvgIpc) is 2.97. The number of carbonyl (C=O) groups excluding carboxylic acids is 2. The summed E-state index contributed by atoms with van der Waals surface area (Å²) in [5.74, 6) is -2.96. The summed E-state index contributed by atoms with van der Waals surface area (Å²) in [5, 5.41) is 13.8. The van der Waals surface area contributed by atoms with Crippen molar-refractivity contribution in [3.8, 4) is 0 Å². The molecule has 2 aromatic carbocycles. The molecule has 0 saturated heterocycles. The molecule has 134 valence electrons. The molecule has 0 aliphatic carbocycles. The van der Waals surface area contributed by atoms with Crippen LogP contribution >= 0.6 is 0 Å². The second-order valence-electron chi connectivity index (χ2n) is 5.94. The molecule has 0 spiro atoms. The number of benzene rings is 2. The number of rotatable bonds is 5. The van der Waals surface area contributed by atoms with Crippen molar-refractivity contribution >= 4 is 23.6 Å². The van der Waals surface area contributed by atoms with E-state index < -0.39 is 29.2 Å². The predicted molar refractivity (Wildman–Crippen MR) is 94.8 cm³/mol. The first-order valence-electron chi connectivity index (χ1n) is 8.20. The first-order chi connectivity index (χ1) is 12.5. The highest BCUT2D eigenvalue weighted by atomic mass is 19.1. The van der Waals surface area contributed by atoms with Crippen molar-refractivity contribution in [1.82, 2.24) is 0 Å². The summed E-state index contributed by atoms with van der Waals surface area (Å²) in [6, 6.07) is 12.4. The lowest BCUT2D eigenvalue weighted by Gasteiger charge is -2.27. The molecule has 0 aromatic heterocycles. The number of hydrogen-bond acceptors (Lipinski definition) is 4. The first-order valence-corrected chi connectivity index (χ1v) is 8.20. The fourth-order valence-electron chi connectivity index (χ4n) is 2.97. The van der Waals surface area contributed by atoms with Gasteiger partial charge in [0.05, 0.1) is 6.61 Å². The number of amides is 1. The maximum Gasteiger partial charge on any atom is 0.343 e. The fourth-order valence-corrected chi connectivity index (χ4v) is 2.97. The third kappa shape index (κ3) is 3.23. The van der Waals surface area contributed by atoms with Crippen molar-refractivity contribution in [3.63, 3.8) is 0 Å². The van der Waals surface area contributed by atoms with Gasteiger partial charge < -0.3 is 15.2 Å². The third-order valence-electron chi connectivity index (χ3n) is 4.23. The SMILES string of the molecule is CCOC(=O)C(O)(/C=C/c1ccc(F)cc1)C1C(=O)Nc2ccccc21. The lowest BCUT2D eigenvalue weighted by atomic mass is 9.82. The van der Waals surface area contributed by atoms with Gasteiger partial charge in [0.2, 0.25) is 5.91 Å². The number of ether oxygens (including phenoxy) is 1. The van der Waals surface area contributed by atoms with Crippen LogP contribution in [0.2, 0.25) is 0 Å². The van der Waals surface area contributed by atoms with Crippen LogP contribution in [-0.2, 0) is 14.3 Å². The Balaban J connectivity index is 2.03. The predicted octanol–water partition coefficient (Wildman–Crippen LogP) is 2.87. The Morgan fingerprint density at radius 1 is 1.27 bits per heavy atom. The Kier molecular flexibility index (Phi) is 4.86. The number of anilines is 1. The fraction of sp³-hybridized carbons (Fsp3) is 0.200. The summed E-state index contributed by atoms with van der Waals surface area (Å²) in [6.45, 7) is 1.67. The Bertz CT molecular complexity index is 862. The highest BCUT2D eigenvalue weighted by Crippen LogP contribution is 2.41. The van der Waals surface area contributed by atoms with Crippen LogP contribution in [0, 0.1) is 5.82 Å². The van der Waals surface area contributed by atoms with Gasteiger partial charge in [0.25, 0.3) is 0 Å². The molecule has 0 fully saturated rings. The Labute approximate surface area is 150 Å². The Morgan fingerprint density at radius 2 is 1.96 bits per heavy atom. The summed E-state index contributed by atoms with van der Waals surface area (Å²) in [4.78, 5) is 25.0. The zero-order chi connectivity index (χ0) is 18.7. The van der Waals surface area contributed by atoms with Gasteiger partial charge in [-0.05, 0) is 42.3 Å². The van der Waals surface area contributed by atoms with Crippen LogP contribution in [0.3, 0.4) is 0 Å². The second kappa shape index (κ2) is 7.09. The van der Waals surface area contributed by atoms with Crippen molar-refractivity contribution in [2.75, 3.05) is 11.9 Å². The number of fused-ring (bicyclic) bond motifs is 1. The van der Waals surface area contributed by atoms with E-state index in [2.05, 4.69) is 5.32 Å². The maximum absolute atomic E-state index is 13.1. The van der Waals surface area contributed by atoms with Crippen LogP contribution in [0.25, 0.3) is 6.08 Å². The number of para-hydroxylation sites is 1. The van der Waals surface area contributed by atoms with E-state index in [1.54, 1.807) is 31.2 Å². The Hall–Kier alpha value is -2.99. The van der Waals surface area contributed by atoms with E-state index in [0.717, 1.165) is 0 Å². The number of nitrogens with one attached hydrogen (secondary N) is 1. The molecule has 1 amide bonds. The molecule has 6 heteroatoms. The van der Waals surface area contributed by atoms with Crippen molar-refractivity contribution < 1.29 is 23.8 Å². The minimum absolute atomic E-state index is 0.0571. The molecule has 2 aromatic rings. The normalized spacial score (nSPS) is 18.3. The maximum atomic E-state index is 13.1. The standard InChI is InChI=1S/C20H18FNO4/c1-2-26-19(24)20(25,12-11-13-7-9-14(21)10-8-13)17-15-5-3-4-6-16(15)22-18(17)23/h3-12,17,25H,2H2,1H3,(H,22,23)/b12-11+. The number of hydrogen-bond donors (Lipinski definition) is 2. The van der Waals surface area contributed by atoms with E-state index in [-0.39, 0.29) is 6.61 Å². The molecule has 2 atom stereocenters. The largest absolute Gasteiger partial charge is 0.464 e. The van der Waals surface area contributed by atoms with Gasteiger partial charge in [-0.25, -0.2) is 9.18 Å². The molecule has 1 aliphatic rings. The zero-order valence-corrected chi connectivity index (χ0v) is 14.1. The topological polar surface area (TPSA) is 75.6 Å². The van der Waals surface area contributed by atoms with Gasteiger partial charge in [-0.15, -0.1) is 0 Å². The summed E-state index contributed by atoms with van der Waals surface area (Å²) >= 11 is 0. The molecule has 0 radical (unpaired) electrons. The molecule has 3 rings (SSSR count).